The number of hydrogen-bond acceptors (Lipinski definition) is 4. The summed E-state index contributed by atoms with van der Waals surface area (Å²) in [6.07, 6.45) is 1.12. The molecule has 4 rings (SSSR count). The fourth-order valence-electron chi connectivity index (χ4n) is 4.04. The normalized spacial score (nSPS) is 21.0. The van der Waals surface area contributed by atoms with Crippen molar-refractivity contribution in [1.82, 2.24) is 9.97 Å². The molecule has 0 radical (unpaired) electrons. The average Bonchev–Trinajstić information content (AvgIpc) is 2.52. The molecule has 0 spiro atoms. The van der Waals surface area contributed by atoms with Crippen LogP contribution in [0.4, 0.5) is 5.82 Å². The minimum absolute atomic E-state index is 0.0468. The lowest BCUT2D eigenvalue weighted by Crippen LogP contribution is -2.38. The van der Waals surface area contributed by atoms with Crippen LogP contribution < -0.4 is 16.6 Å². The molecule has 1 atom stereocenters. The number of aromatic amines is 2. The van der Waals surface area contributed by atoms with Gasteiger partial charge in [0.1, 0.15) is 5.82 Å². The molecule has 0 amide bonds. The molecule has 0 fully saturated rings. The number of Topliss-reactive ketones (excluding diaryl/α,β-unsaturated/α-hetero) is 1. The monoisotopic (exact) mass is 351 g/mol. The minimum atomic E-state index is -0.561. The van der Waals surface area contributed by atoms with E-state index in [1.54, 1.807) is 0 Å². The zero-order chi connectivity index (χ0) is 18.6. The Morgan fingerprint density at radius 3 is 2.38 bits per heavy atom. The number of carbonyl (C=O) groups is 1. The number of fused-ring (bicyclic) bond motifs is 1. The second-order valence-corrected chi connectivity index (χ2v) is 8.00. The van der Waals surface area contributed by atoms with Gasteiger partial charge in [-0.1, -0.05) is 43.7 Å². The van der Waals surface area contributed by atoms with E-state index in [0.717, 1.165) is 16.8 Å². The SMILES string of the molecule is Cc1ccc([C@H]2C3=C(CC(C)(C)CC3=O)Nc3[nH]c(=O)[nH]c(=O)c32)cc1. The zero-order valence-corrected chi connectivity index (χ0v) is 15.0. The van der Waals surface area contributed by atoms with Crippen LogP contribution >= 0.6 is 0 Å². The maximum atomic E-state index is 13.0. The van der Waals surface area contributed by atoms with Crippen molar-refractivity contribution < 1.29 is 4.79 Å². The van der Waals surface area contributed by atoms with Crippen LogP contribution in [0.5, 0.6) is 0 Å². The first-order chi connectivity index (χ1) is 12.2. The van der Waals surface area contributed by atoms with E-state index in [1.165, 1.54) is 0 Å². The smallest absolute Gasteiger partial charge is 0.327 e. The lowest BCUT2D eigenvalue weighted by Gasteiger charge is -2.38. The number of ketones is 1. The second kappa shape index (κ2) is 5.56. The van der Waals surface area contributed by atoms with E-state index in [1.807, 2.05) is 45.0 Å². The summed E-state index contributed by atoms with van der Waals surface area (Å²) in [5.74, 6) is -0.0507. The van der Waals surface area contributed by atoms with Crippen molar-refractivity contribution in [2.45, 2.75) is 39.5 Å². The van der Waals surface area contributed by atoms with Gasteiger partial charge in [0, 0.05) is 23.6 Å². The average molecular weight is 351 g/mol. The number of nitrogens with one attached hydrogen (secondary N) is 3. The van der Waals surface area contributed by atoms with Crippen molar-refractivity contribution in [3.8, 4) is 0 Å². The Morgan fingerprint density at radius 2 is 1.69 bits per heavy atom. The number of benzene rings is 1. The summed E-state index contributed by atoms with van der Waals surface area (Å²) in [5, 5.41) is 3.16. The van der Waals surface area contributed by atoms with E-state index >= 15 is 0 Å². The number of aromatic nitrogens is 2. The molecule has 6 nitrogen and oxygen atoms in total. The summed E-state index contributed by atoms with van der Waals surface area (Å²) in [6, 6.07) is 7.82. The second-order valence-electron chi connectivity index (χ2n) is 8.00. The Bertz CT molecular complexity index is 1050. The highest BCUT2D eigenvalue weighted by Gasteiger charge is 2.42. The summed E-state index contributed by atoms with van der Waals surface area (Å²) >= 11 is 0. The molecule has 6 heteroatoms. The summed E-state index contributed by atoms with van der Waals surface area (Å²) < 4.78 is 0. The molecule has 1 aliphatic carbocycles. The molecule has 0 saturated heterocycles. The third-order valence-electron chi connectivity index (χ3n) is 5.16. The predicted octanol–water partition coefficient (Wildman–Crippen LogP) is 2.57. The largest absolute Gasteiger partial charge is 0.344 e. The highest BCUT2D eigenvalue weighted by molar-refractivity contribution is 6.01. The Morgan fingerprint density at radius 1 is 1.00 bits per heavy atom. The molecule has 1 aromatic heterocycles. The molecular weight excluding hydrogens is 330 g/mol. The van der Waals surface area contributed by atoms with Crippen LogP contribution in [0.3, 0.4) is 0 Å². The molecular formula is C20H21N3O3. The molecule has 1 aromatic carbocycles. The molecule has 3 N–H and O–H groups in total. The standard InChI is InChI=1S/C20H21N3O3/c1-10-4-6-11(7-5-10)14-15-12(8-20(2,3)9-13(15)24)21-17-16(14)18(25)23-19(26)22-17/h4-7,14H,8-9H2,1-3H3,(H3,21,22,23,25,26)/t14-/m0/s1. The van der Waals surface area contributed by atoms with E-state index in [2.05, 4.69) is 15.3 Å². The highest BCUT2D eigenvalue weighted by Crippen LogP contribution is 2.47. The quantitative estimate of drug-likeness (QED) is 0.736. The number of carbonyl (C=O) groups excluding carboxylic acids is 1. The van der Waals surface area contributed by atoms with Crippen molar-refractivity contribution in [2.75, 3.05) is 5.32 Å². The van der Waals surface area contributed by atoms with Crippen LogP contribution in [0.15, 0.2) is 45.1 Å². The molecule has 2 aliphatic rings. The summed E-state index contributed by atoms with van der Waals surface area (Å²) in [7, 11) is 0. The molecule has 1 aliphatic heterocycles. The number of aryl methyl sites for hydroxylation is 1. The topological polar surface area (TPSA) is 94.8 Å². The highest BCUT2D eigenvalue weighted by atomic mass is 16.2. The van der Waals surface area contributed by atoms with Gasteiger partial charge in [0.25, 0.3) is 5.56 Å². The van der Waals surface area contributed by atoms with Gasteiger partial charge in [-0.2, -0.15) is 0 Å². The Labute approximate surface area is 150 Å². The molecule has 26 heavy (non-hydrogen) atoms. The number of rotatable bonds is 1. The van der Waals surface area contributed by atoms with E-state index in [9.17, 15) is 14.4 Å². The van der Waals surface area contributed by atoms with Crippen LogP contribution in [-0.2, 0) is 4.79 Å². The summed E-state index contributed by atoms with van der Waals surface area (Å²) in [4.78, 5) is 42.3. The van der Waals surface area contributed by atoms with Crippen LogP contribution in [0.1, 0.15) is 49.3 Å². The Kier molecular flexibility index (Phi) is 3.54. The third kappa shape index (κ3) is 2.62. The third-order valence-corrected chi connectivity index (χ3v) is 5.16. The van der Waals surface area contributed by atoms with Crippen molar-refractivity contribution in [1.29, 1.82) is 0 Å². The lowest BCUT2D eigenvalue weighted by atomic mass is 9.69. The fraction of sp³-hybridized carbons (Fsp3) is 0.350. The maximum Gasteiger partial charge on any atom is 0.327 e. The number of H-pyrrole nitrogens is 2. The van der Waals surface area contributed by atoms with Crippen LogP contribution in [0.2, 0.25) is 0 Å². The Hall–Kier alpha value is -2.89. The minimum Gasteiger partial charge on any atom is -0.344 e. The van der Waals surface area contributed by atoms with Crippen molar-refractivity contribution in [3.63, 3.8) is 0 Å². The van der Waals surface area contributed by atoms with E-state index in [-0.39, 0.29) is 11.2 Å². The van der Waals surface area contributed by atoms with Crippen molar-refractivity contribution in [2.24, 2.45) is 5.41 Å². The first-order valence-corrected chi connectivity index (χ1v) is 8.71. The van der Waals surface area contributed by atoms with Crippen LogP contribution in [0.25, 0.3) is 0 Å². The van der Waals surface area contributed by atoms with Crippen LogP contribution in [-0.4, -0.2) is 15.8 Å². The van der Waals surface area contributed by atoms with Gasteiger partial charge in [-0.05, 0) is 24.3 Å². The molecule has 0 saturated carbocycles. The van der Waals surface area contributed by atoms with Gasteiger partial charge in [0.15, 0.2) is 5.78 Å². The van der Waals surface area contributed by atoms with Crippen molar-refractivity contribution in [3.05, 3.63) is 73.1 Å². The molecule has 134 valence electrons. The number of allylic oxidation sites excluding steroid dienone is 2. The molecule has 2 heterocycles. The molecule has 2 aromatic rings. The number of hydrogen-bond donors (Lipinski definition) is 3. The van der Waals surface area contributed by atoms with E-state index in [0.29, 0.717) is 29.8 Å². The molecule has 0 unspecified atom stereocenters. The lowest BCUT2D eigenvalue weighted by molar-refractivity contribution is -0.118. The first kappa shape index (κ1) is 16.6. The van der Waals surface area contributed by atoms with Gasteiger partial charge in [-0.15, -0.1) is 0 Å². The maximum absolute atomic E-state index is 13.0. The zero-order valence-electron chi connectivity index (χ0n) is 15.0. The van der Waals surface area contributed by atoms with Gasteiger partial charge in [0.2, 0.25) is 0 Å². The van der Waals surface area contributed by atoms with Gasteiger partial charge in [-0.3, -0.25) is 19.6 Å². The van der Waals surface area contributed by atoms with Crippen molar-refractivity contribution >= 4 is 11.6 Å². The van der Waals surface area contributed by atoms with Gasteiger partial charge in [0.05, 0.1) is 5.56 Å². The van der Waals surface area contributed by atoms with Gasteiger partial charge in [-0.25, -0.2) is 4.79 Å². The van der Waals surface area contributed by atoms with Gasteiger partial charge < -0.3 is 5.32 Å². The Balaban J connectivity index is 2.00. The summed E-state index contributed by atoms with van der Waals surface area (Å²) in [5.41, 5.74) is 2.60. The molecule has 0 bridgehead atoms. The fourth-order valence-corrected chi connectivity index (χ4v) is 4.04. The van der Waals surface area contributed by atoms with Gasteiger partial charge >= 0.3 is 5.69 Å². The van der Waals surface area contributed by atoms with E-state index in [4.69, 9.17) is 0 Å². The first-order valence-electron chi connectivity index (χ1n) is 8.71. The number of anilines is 1. The predicted molar refractivity (Wildman–Crippen MR) is 99.4 cm³/mol. The van der Waals surface area contributed by atoms with Crippen LogP contribution in [0, 0.1) is 12.3 Å². The summed E-state index contributed by atoms with van der Waals surface area (Å²) in [6.45, 7) is 6.09. The van der Waals surface area contributed by atoms with E-state index < -0.39 is 17.2 Å².